The Balaban J connectivity index is 0.000000320. The van der Waals surface area contributed by atoms with Gasteiger partial charge in [0.05, 0.1) is 18.3 Å². The molecule has 1 aliphatic rings. The van der Waals surface area contributed by atoms with Gasteiger partial charge in [0.25, 0.3) is 0 Å². The summed E-state index contributed by atoms with van der Waals surface area (Å²) in [4.78, 5) is 33.5. The van der Waals surface area contributed by atoms with Crippen LogP contribution in [-0.2, 0) is 21.4 Å². The van der Waals surface area contributed by atoms with Crippen molar-refractivity contribution >= 4 is 40.9 Å². The smallest absolute Gasteiger partial charge is 0.195 e. The number of nitrogens with one attached hydrogen (secondary N) is 2. The van der Waals surface area contributed by atoms with Crippen LogP contribution >= 0.6 is 0 Å². The van der Waals surface area contributed by atoms with Crippen LogP contribution in [0.1, 0.15) is 6.42 Å². The van der Waals surface area contributed by atoms with E-state index in [0.717, 1.165) is 47.9 Å². The van der Waals surface area contributed by atoms with Gasteiger partial charge in [0.1, 0.15) is 13.6 Å². The fourth-order valence-corrected chi connectivity index (χ4v) is 3.92. The topological polar surface area (TPSA) is 115 Å². The molecule has 36 heavy (non-hydrogen) atoms. The zero-order valence-electron chi connectivity index (χ0n) is 21.0. The largest absolute Gasteiger partial charge is 0.388 e. The van der Waals surface area contributed by atoms with Gasteiger partial charge in [-0.3, -0.25) is 14.5 Å². The van der Waals surface area contributed by atoms with Crippen molar-refractivity contribution in [1.82, 2.24) is 20.1 Å². The molecule has 0 saturated carbocycles. The van der Waals surface area contributed by atoms with Gasteiger partial charge in [-0.15, -0.1) is 0 Å². The highest BCUT2D eigenvalue weighted by Crippen LogP contribution is 2.22. The molecule has 0 bridgehead atoms. The standard InChI is InChI=1S/C19H16N4O.C6H13NO.2CH2O/c1-20-15-5-3-12-4-6-18-17(19(24)16(12)8-15)7-13(9-21-18)14-10-22-23(2)11-14;1-7-4-6-2-3-8-5-6;2*1-2/h3-11,20H,1-2H3;6-7H,2-5H2,1H3;2*1H2. The lowest BCUT2D eigenvalue weighted by Crippen LogP contribution is -2.18. The normalized spacial score (nSPS) is 14.0. The minimum absolute atomic E-state index is 0.0136. The number of hydrogen-bond acceptors (Lipinski definition) is 8. The molecule has 1 atom stereocenters. The fraction of sp³-hybridized carbons (Fsp3) is 0.296. The van der Waals surface area contributed by atoms with Gasteiger partial charge < -0.3 is 25.0 Å². The van der Waals surface area contributed by atoms with E-state index in [1.165, 1.54) is 6.42 Å². The predicted molar refractivity (Wildman–Crippen MR) is 144 cm³/mol. The average molecular weight is 492 g/mol. The van der Waals surface area contributed by atoms with E-state index in [1.807, 2.05) is 77.3 Å². The van der Waals surface area contributed by atoms with Crippen LogP contribution in [0, 0.1) is 5.92 Å². The van der Waals surface area contributed by atoms with Crippen molar-refractivity contribution in [2.75, 3.05) is 39.2 Å². The van der Waals surface area contributed by atoms with Crippen molar-refractivity contribution in [1.29, 1.82) is 0 Å². The maximum atomic E-state index is 13.1. The number of ether oxygens (including phenoxy) is 1. The fourth-order valence-electron chi connectivity index (χ4n) is 3.92. The third kappa shape index (κ3) is 7.03. The molecule has 2 N–H and O–H groups in total. The third-order valence-electron chi connectivity index (χ3n) is 5.73. The first kappa shape index (κ1) is 28.3. The summed E-state index contributed by atoms with van der Waals surface area (Å²) in [5.41, 5.74) is 3.42. The van der Waals surface area contributed by atoms with E-state index < -0.39 is 0 Å². The molecule has 0 radical (unpaired) electrons. The number of pyridine rings is 1. The van der Waals surface area contributed by atoms with Crippen molar-refractivity contribution in [2.45, 2.75) is 6.42 Å². The van der Waals surface area contributed by atoms with Crippen LogP contribution in [0.25, 0.3) is 32.8 Å². The molecular formula is C27H33N5O4. The molecule has 1 unspecified atom stereocenters. The second kappa shape index (κ2) is 14.4. The van der Waals surface area contributed by atoms with Crippen molar-refractivity contribution in [3.63, 3.8) is 0 Å². The van der Waals surface area contributed by atoms with Gasteiger partial charge in [-0.2, -0.15) is 5.10 Å². The number of aryl methyl sites for hydroxylation is 1. The zero-order valence-corrected chi connectivity index (χ0v) is 21.0. The Morgan fingerprint density at radius 3 is 2.39 bits per heavy atom. The van der Waals surface area contributed by atoms with Crippen molar-refractivity contribution in [2.24, 2.45) is 13.0 Å². The van der Waals surface area contributed by atoms with Crippen molar-refractivity contribution in [3.8, 4) is 11.1 Å². The molecule has 0 amide bonds. The summed E-state index contributed by atoms with van der Waals surface area (Å²) in [6, 6.07) is 11.5. The lowest BCUT2D eigenvalue weighted by Gasteiger charge is -2.03. The third-order valence-corrected chi connectivity index (χ3v) is 5.73. The SMILES string of the molecule is C=O.C=O.CNCC1CCOC1.CNc1ccc2ccc3ncc(-c4cnn(C)c4)cc3c(=O)c2c1. The number of hydrogen-bond donors (Lipinski definition) is 2. The lowest BCUT2D eigenvalue weighted by atomic mass is 10.1. The summed E-state index contributed by atoms with van der Waals surface area (Å²) in [6.45, 7) is 7.03. The van der Waals surface area contributed by atoms with Crippen LogP contribution in [0.4, 0.5) is 5.69 Å². The first-order chi connectivity index (χ1) is 17.6. The highest BCUT2D eigenvalue weighted by atomic mass is 16.5. The van der Waals surface area contributed by atoms with E-state index in [2.05, 4.69) is 20.7 Å². The van der Waals surface area contributed by atoms with Crippen LogP contribution in [0.3, 0.4) is 0 Å². The Hall–Kier alpha value is -3.95. The van der Waals surface area contributed by atoms with Gasteiger partial charge in [-0.05, 0) is 55.6 Å². The summed E-state index contributed by atoms with van der Waals surface area (Å²) in [5, 5.41) is 12.6. The second-order valence-corrected chi connectivity index (χ2v) is 8.06. The molecule has 190 valence electrons. The monoisotopic (exact) mass is 491 g/mol. The first-order valence-electron chi connectivity index (χ1n) is 11.4. The Morgan fingerprint density at radius 1 is 1.03 bits per heavy atom. The zero-order chi connectivity index (χ0) is 26.5. The molecule has 5 rings (SSSR count). The lowest BCUT2D eigenvalue weighted by molar-refractivity contribution is -0.0987. The molecule has 2 aromatic heterocycles. The minimum atomic E-state index is -0.0136. The van der Waals surface area contributed by atoms with Crippen LogP contribution in [0.5, 0.6) is 0 Å². The summed E-state index contributed by atoms with van der Waals surface area (Å²) >= 11 is 0. The van der Waals surface area contributed by atoms with Gasteiger partial charge in [0.15, 0.2) is 5.43 Å². The molecule has 2 aromatic carbocycles. The summed E-state index contributed by atoms with van der Waals surface area (Å²) < 4.78 is 6.90. The van der Waals surface area contributed by atoms with Gasteiger partial charge >= 0.3 is 0 Å². The maximum absolute atomic E-state index is 13.1. The van der Waals surface area contributed by atoms with Crippen LogP contribution < -0.4 is 16.1 Å². The van der Waals surface area contributed by atoms with E-state index in [-0.39, 0.29) is 5.43 Å². The number of fused-ring (bicyclic) bond motifs is 2. The van der Waals surface area contributed by atoms with Crippen LogP contribution in [-0.4, -0.2) is 62.2 Å². The highest BCUT2D eigenvalue weighted by Gasteiger charge is 2.13. The molecule has 1 saturated heterocycles. The van der Waals surface area contributed by atoms with E-state index in [4.69, 9.17) is 14.3 Å². The van der Waals surface area contributed by atoms with Crippen molar-refractivity contribution in [3.05, 3.63) is 65.2 Å². The quantitative estimate of drug-likeness (QED) is 0.448. The Kier molecular flexibility index (Phi) is 11.4. The molecule has 3 heterocycles. The Bertz CT molecular complexity index is 1320. The van der Waals surface area contributed by atoms with Gasteiger partial charge in [0.2, 0.25) is 0 Å². The number of benzene rings is 1. The number of carbonyl (C=O) groups is 2. The average Bonchev–Trinajstić information content (AvgIpc) is 3.59. The highest BCUT2D eigenvalue weighted by molar-refractivity contribution is 5.94. The van der Waals surface area contributed by atoms with E-state index in [9.17, 15) is 4.79 Å². The maximum Gasteiger partial charge on any atom is 0.195 e. The minimum Gasteiger partial charge on any atom is -0.388 e. The second-order valence-electron chi connectivity index (χ2n) is 8.06. The van der Waals surface area contributed by atoms with Gasteiger partial charge in [-0.25, -0.2) is 0 Å². The van der Waals surface area contributed by atoms with E-state index in [1.54, 1.807) is 17.1 Å². The summed E-state index contributed by atoms with van der Waals surface area (Å²) in [6.07, 6.45) is 6.70. The molecular weight excluding hydrogens is 458 g/mol. The predicted octanol–water partition coefficient (Wildman–Crippen LogP) is 3.06. The molecule has 9 heteroatoms. The number of aromatic nitrogens is 3. The molecule has 0 aliphatic carbocycles. The number of carbonyl (C=O) groups excluding carboxylic acids is 2. The summed E-state index contributed by atoms with van der Waals surface area (Å²) in [7, 11) is 5.69. The Morgan fingerprint density at radius 2 is 1.78 bits per heavy atom. The number of rotatable bonds is 4. The number of nitrogens with zero attached hydrogens (tertiary/aromatic N) is 3. The number of anilines is 1. The van der Waals surface area contributed by atoms with Gasteiger partial charge in [0, 0.05) is 60.7 Å². The van der Waals surface area contributed by atoms with Crippen LogP contribution in [0.2, 0.25) is 0 Å². The van der Waals surface area contributed by atoms with Gasteiger partial charge in [-0.1, -0.05) is 12.1 Å². The van der Waals surface area contributed by atoms with Crippen molar-refractivity contribution < 1.29 is 14.3 Å². The van der Waals surface area contributed by atoms with E-state index >= 15 is 0 Å². The first-order valence-corrected chi connectivity index (χ1v) is 11.4. The van der Waals surface area contributed by atoms with Crippen LogP contribution in [0.15, 0.2) is 59.8 Å². The molecule has 0 spiro atoms. The molecule has 9 nitrogen and oxygen atoms in total. The molecule has 1 fully saturated rings. The molecule has 1 aliphatic heterocycles. The van der Waals surface area contributed by atoms with E-state index in [0.29, 0.717) is 16.3 Å². The molecule has 4 aromatic rings. The summed E-state index contributed by atoms with van der Waals surface area (Å²) in [5.74, 6) is 0.778. The Labute approximate surface area is 210 Å².